The van der Waals surface area contributed by atoms with Crippen molar-refractivity contribution in [1.29, 1.82) is 0 Å². The number of anilines is 1. The molecule has 0 bridgehead atoms. The van der Waals surface area contributed by atoms with Crippen molar-refractivity contribution in [3.05, 3.63) is 16.0 Å². The van der Waals surface area contributed by atoms with Crippen molar-refractivity contribution in [3.8, 4) is 0 Å². The first-order valence-electron chi connectivity index (χ1n) is 9.62. The molecule has 0 radical (unpaired) electrons. The van der Waals surface area contributed by atoms with E-state index in [0.717, 1.165) is 36.1 Å². The number of likely N-dealkylation sites (N-methyl/N-ethyl adjacent to an activating group) is 1. The lowest BCUT2D eigenvalue weighted by Crippen LogP contribution is -2.46. The van der Waals surface area contributed by atoms with Gasteiger partial charge in [-0.1, -0.05) is 0 Å². The number of carbonyl (C=O) groups excluding carboxylic acids is 4. The molecule has 160 valence electrons. The van der Waals surface area contributed by atoms with E-state index < -0.39 is 24.0 Å². The van der Waals surface area contributed by atoms with E-state index in [1.54, 1.807) is 0 Å². The molecule has 1 aromatic rings. The van der Waals surface area contributed by atoms with E-state index in [1.807, 2.05) is 20.8 Å². The topological polar surface area (TPSA) is 105 Å². The van der Waals surface area contributed by atoms with E-state index in [2.05, 4.69) is 10.6 Å². The highest BCUT2D eigenvalue weighted by atomic mass is 32.1. The highest BCUT2D eigenvalue weighted by Gasteiger charge is 2.28. The van der Waals surface area contributed by atoms with Crippen molar-refractivity contribution >= 4 is 40.0 Å². The molecule has 2 rings (SSSR count). The van der Waals surface area contributed by atoms with Crippen LogP contribution in [0.25, 0.3) is 0 Å². The molecule has 3 amide bonds. The molecular weight excluding hydrogens is 394 g/mol. The average molecular weight is 424 g/mol. The molecule has 0 saturated heterocycles. The van der Waals surface area contributed by atoms with Crippen molar-refractivity contribution in [2.75, 3.05) is 25.5 Å². The minimum atomic E-state index is -0.631. The van der Waals surface area contributed by atoms with E-state index in [9.17, 15) is 19.2 Å². The molecule has 9 heteroatoms. The second-order valence-electron chi connectivity index (χ2n) is 8.22. The number of hydrogen-bond donors (Lipinski definition) is 2. The van der Waals surface area contributed by atoms with Gasteiger partial charge >= 0.3 is 5.97 Å². The molecule has 0 unspecified atom stereocenters. The van der Waals surface area contributed by atoms with Gasteiger partial charge in [-0.25, -0.2) is 4.79 Å². The summed E-state index contributed by atoms with van der Waals surface area (Å²) in [4.78, 5) is 50.7. The minimum Gasteiger partial charge on any atom is -0.452 e. The van der Waals surface area contributed by atoms with Crippen molar-refractivity contribution in [1.82, 2.24) is 10.2 Å². The normalized spacial score (nSPS) is 13.3. The molecule has 0 aromatic carbocycles. The average Bonchev–Trinajstić information content (AvgIpc) is 2.94. The van der Waals surface area contributed by atoms with Crippen LogP contribution in [0, 0.1) is 0 Å². The fourth-order valence-electron chi connectivity index (χ4n) is 3.10. The highest BCUT2D eigenvalue weighted by molar-refractivity contribution is 7.17. The van der Waals surface area contributed by atoms with E-state index in [4.69, 9.17) is 4.74 Å². The summed E-state index contributed by atoms with van der Waals surface area (Å²) in [6.45, 7) is 6.34. The summed E-state index contributed by atoms with van der Waals surface area (Å²) in [7, 11) is 1.48. The fourth-order valence-corrected chi connectivity index (χ4v) is 4.42. The summed E-state index contributed by atoms with van der Waals surface area (Å²) in [5.74, 6) is -1.67. The standard InChI is InChI=1S/C20H29N3O5S/c1-12(24)21-18-17(13-8-6-7-9-14(13)29-18)19(27)28-11-16(26)23(5)10-15(25)22-20(2,3)4/h6-11H2,1-5H3,(H,21,24)(H,22,25). The molecule has 1 aliphatic carbocycles. The van der Waals surface area contributed by atoms with Crippen molar-refractivity contribution in [3.63, 3.8) is 0 Å². The van der Waals surface area contributed by atoms with Gasteiger partial charge in [0.25, 0.3) is 5.91 Å². The van der Waals surface area contributed by atoms with Gasteiger partial charge in [0.05, 0.1) is 12.1 Å². The molecule has 0 atom stereocenters. The van der Waals surface area contributed by atoms with Crippen LogP contribution in [0.15, 0.2) is 0 Å². The van der Waals surface area contributed by atoms with Crippen LogP contribution in [-0.2, 0) is 32.0 Å². The minimum absolute atomic E-state index is 0.126. The lowest BCUT2D eigenvalue weighted by molar-refractivity contribution is -0.137. The Kier molecular flexibility index (Phi) is 7.40. The Morgan fingerprint density at radius 2 is 1.79 bits per heavy atom. The number of amides is 3. The number of carbonyl (C=O) groups is 4. The SMILES string of the molecule is CC(=O)Nc1sc2c(c1C(=O)OCC(=O)N(C)CC(=O)NC(C)(C)C)CCCC2. The number of aryl methyl sites for hydroxylation is 1. The van der Waals surface area contributed by atoms with Crippen molar-refractivity contribution in [2.45, 2.75) is 58.9 Å². The summed E-state index contributed by atoms with van der Waals surface area (Å²) >= 11 is 1.39. The van der Waals surface area contributed by atoms with E-state index >= 15 is 0 Å². The first-order valence-corrected chi connectivity index (χ1v) is 10.4. The van der Waals surface area contributed by atoms with Crippen LogP contribution in [0.2, 0.25) is 0 Å². The highest BCUT2D eigenvalue weighted by Crippen LogP contribution is 2.38. The van der Waals surface area contributed by atoms with E-state index in [-0.39, 0.29) is 18.4 Å². The molecular formula is C20H29N3O5S. The maximum Gasteiger partial charge on any atom is 0.341 e. The number of nitrogens with one attached hydrogen (secondary N) is 2. The summed E-state index contributed by atoms with van der Waals surface area (Å²) in [5.41, 5.74) is 0.854. The Morgan fingerprint density at radius 3 is 2.41 bits per heavy atom. The second-order valence-corrected chi connectivity index (χ2v) is 9.33. The predicted molar refractivity (Wildman–Crippen MR) is 111 cm³/mol. The van der Waals surface area contributed by atoms with Gasteiger partial charge in [-0.3, -0.25) is 14.4 Å². The van der Waals surface area contributed by atoms with E-state index in [0.29, 0.717) is 10.6 Å². The van der Waals surface area contributed by atoms with Gasteiger partial charge in [0.1, 0.15) is 5.00 Å². The molecule has 1 aromatic heterocycles. The van der Waals surface area contributed by atoms with Crippen LogP contribution >= 0.6 is 11.3 Å². The van der Waals surface area contributed by atoms with E-state index in [1.165, 1.54) is 30.2 Å². The van der Waals surface area contributed by atoms with Gasteiger partial charge in [-0.15, -0.1) is 11.3 Å². The summed E-state index contributed by atoms with van der Waals surface area (Å²) < 4.78 is 5.23. The first kappa shape index (κ1) is 22.9. The van der Waals surface area contributed by atoms with Crippen LogP contribution < -0.4 is 10.6 Å². The van der Waals surface area contributed by atoms with Crippen molar-refractivity contribution in [2.24, 2.45) is 0 Å². The third-order valence-corrected chi connectivity index (χ3v) is 5.52. The third kappa shape index (κ3) is 6.56. The van der Waals surface area contributed by atoms with Gasteiger partial charge in [-0.2, -0.15) is 0 Å². The molecule has 0 spiro atoms. The molecule has 8 nitrogen and oxygen atoms in total. The van der Waals surface area contributed by atoms with Gasteiger partial charge < -0.3 is 20.3 Å². The summed E-state index contributed by atoms with van der Waals surface area (Å²) in [5, 5.41) is 5.94. The monoisotopic (exact) mass is 423 g/mol. The van der Waals surface area contributed by atoms with Crippen LogP contribution in [0.1, 0.15) is 61.3 Å². The van der Waals surface area contributed by atoms with Gasteiger partial charge in [-0.05, 0) is 52.0 Å². The van der Waals surface area contributed by atoms with Crippen molar-refractivity contribution < 1.29 is 23.9 Å². The largest absolute Gasteiger partial charge is 0.452 e. The predicted octanol–water partition coefficient (Wildman–Crippen LogP) is 2.12. The maximum absolute atomic E-state index is 12.7. The van der Waals surface area contributed by atoms with Gasteiger partial charge in [0.2, 0.25) is 11.8 Å². The van der Waals surface area contributed by atoms with Crippen LogP contribution in [-0.4, -0.2) is 54.3 Å². The lowest BCUT2D eigenvalue weighted by Gasteiger charge is -2.23. The number of esters is 1. The Morgan fingerprint density at radius 1 is 1.14 bits per heavy atom. The Bertz CT molecular complexity index is 810. The smallest absolute Gasteiger partial charge is 0.341 e. The molecule has 0 aliphatic heterocycles. The molecule has 0 fully saturated rings. The van der Waals surface area contributed by atoms with Crippen LogP contribution in [0.3, 0.4) is 0 Å². The first-order chi connectivity index (χ1) is 13.5. The summed E-state index contributed by atoms with van der Waals surface area (Å²) in [6, 6.07) is 0. The number of hydrogen-bond acceptors (Lipinski definition) is 6. The number of nitrogens with zero attached hydrogens (tertiary/aromatic N) is 1. The Labute approximate surface area is 175 Å². The maximum atomic E-state index is 12.7. The van der Waals surface area contributed by atoms with Crippen LogP contribution in [0.5, 0.6) is 0 Å². The summed E-state index contributed by atoms with van der Waals surface area (Å²) in [6.07, 6.45) is 3.62. The zero-order valence-corrected chi connectivity index (χ0v) is 18.5. The molecule has 0 saturated carbocycles. The Balaban J connectivity index is 2.01. The van der Waals surface area contributed by atoms with Gasteiger partial charge in [0.15, 0.2) is 6.61 Å². The lowest BCUT2D eigenvalue weighted by atomic mass is 9.95. The Hall–Kier alpha value is -2.42. The molecule has 1 heterocycles. The number of fused-ring (bicyclic) bond motifs is 1. The van der Waals surface area contributed by atoms with Crippen LogP contribution in [0.4, 0.5) is 5.00 Å². The van der Waals surface area contributed by atoms with Gasteiger partial charge in [0, 0.05) is 24.4 Å². The number of thiophene rings is 1. The second kappa shape index (κ2) is 9.39. The molecule has 2 N–H and O–H groups in total. The molecule has 29 heavy (non-hydrogen) atoms. The quantitative estimate of drug-likeness (QED) is 0.682. The number of rotatable bonds is 6. The number of ether oxygens (including phenoxy) is 1. The third-order valence-electron chi connectivity index (χ3n) is 4.31. The zero-order chi connectivity index (χ0) is 21.8. The zero-order valence-electron chi connectivity index (χ0n) is 17.6. The molecule has 1 aliphatic rings. The fraction of sp³-hybridized carbons (Fsp3) is 0.600.